The molecule has 2 saturated heterocycles. The van der Waals surface area contributed by atoms with Crippen LogP contribution in [-0.4, -0.2) is 70.8 Å². The van der Waals surface area contributed by atoms with Crippen molar-refractivity contribution in [1.82, 2.24) is 10.6 Å². The van der Waals surface area contributed by atoms with Gasteiger partial charge in [0.2, 0.25) is 0 Å². The highest BCUT2D eigenvalue weighted by atomic mass is 16.4. The van der Waals surface area contributed by atoms with Crippen LogP contribution in [0.5, 0.6) is 0 Å². The van der Waals surface area contributed by atoms with Gasteiger partial charge in [0.1, 0.15) is 0 Å². The maximum absolute atomic E-state index is 9.58. The zero-order valence-electron chi connectivity index (χ0n) is 16.5. The summed E-state index contributed by atoms with van der Waals surface area (Å²) in [5.41, 5.74) is 2.46. The number of hydrogen-bond acceptors (Lipinski definition) is 6. The molecule has 0 aromatic heterocycles. The molecule has 0 bridgehead atoms. The lowest BCUT2D eigenvalue weighted by molar-refractivity contribution is -0.159. The Morgan fingerprint density at radius 2 is 0.967 bits per heavy atom. The van der Waals surface area contributed by atoms with Crippen molar-refractivity contribution in [3.63, 3.8) is 0 Å². The summed E-state index contributed by atoms with van der Waals surface area (Å²) in [5.74, 6) is -3.08. The fourth-order valence-electron chi connectivity index (χ4n) is 3.41. The number of aliphatic carboxylic acids is 2. The third kappa shape index (κ3) is 7.23. The van der Waals surface area contributed by atoms with Gasteiger partial charge < -0.3 is 31.1 Å². The van der Waals surface area contributed by atoms with Gasteiger partial charge >= 0.3 is 11.9 Å². The number of rotatable bonds is 2. The molecular formula is C22H28N2O6. The summed E-state index contributed by atoms with van der Waals surface area (Å²) in [7, 11) is 0. The van der Waals surface area contributed by atoms with E-state index in [4.69, 9.17) is 19.8 Å². The molecule has 6 N–H and O–H groups in total. The second-order valence-electron chi connectivity index (χ2n) is 7.10. The molecular weight excluding hydrogens is 388 g/mol. The Kier molecular flexibility index (Phi) is 9.43. The van der Waals surface area contributed by atoms with Gasteiger partial charge in [-0.1, -0.05) is 60.7 Å². The molecule has 0 amide bonds. The van der Waals surface area contributed by atoms with Crippen LogP contribution >= 0.6 is 0 Å². The van der Waals surface area contributed by atoms with Crippen LogP contribution in [0.1, 0.15) is 23.0 Å². The standard InChI is InChI=1S/2C10H13NO.C2H2O4/c2*12-10-7-11-6-9(10)8-4-2-1-3-5-8;3-1(4)2(5)6/h2*1-5,9-12H,6-7H2;(H,3,4)(H,5,6). The van der Waals surface area contributed by atoms with Gasteiger partial charge in [0.15, 0.2) is 0 Å². The third-order valence-electron chi connectivity index (χ3n) is 5.00. The van der Waals surface area contributed by atoms with Crippen molar-refractivity contribution in [3.05, 3.63) is 71.8 Å². The fourth-order valence-corrected chi connectivity index (χ4v) is 3.41. The largest absolute Gasteiger partial charge is 0.473 e. The molecule has 2 heterocycles. The van der Waals surface area contributed by atoms with E-state index in [1.807, 2.05) is 36.4 Å². The highest BCUT2D eigenvalue weighted by Crippen LogP contribution is 2.22. The molecule has 4 atom stereocenters. The molecule has 0 aliphatic carbocycles. The average Bonchev–Trinajstić information content (AvgIpc) is 3.38. The van der Waals surface area contributed by atoms with Gasteiger partial charge in [-0.2, -0.15) is 0 Å². The van der Waals surface area contributed by atoms with Crippen LogP contribution in [0.2, 0.25) is 0 Å². The minimum Gasteiger partial charge on any atom is -0.473 e. The van der Waals surface area contributed by atoms with E-state index in [1.165, 1.54) is 11.1 Å². The van der Waals surface area contributed by atoms with E-state index in [2.05, 4.69) is 34.9 Å². The number of nitrogens with one attached hydrogen (secondary N) is 2. The molecule has 4 unspecified atom stereocenters. The van der Waals surface area contributed by atoms with Crippen LogP contribution in [0.25, 0.3) is 0 Å². The molecule has 2 aliphatic rings. The lowest BCUT2D eigenvalue weighted by atomic mass is 9.96. The highest BCUT2D eigenvalue weighted by molar-refractivity contribution is 6.27. The minimum atomic E-state index is -1.82. The van der Waals surface area contributed by atoms with Gasteiger partial charge in [0.25, 0.3) is 0 Å². The second kappa shape index (κ2) is 12.0. The van der Waals surface area contributed by atoms with Gasteiger partial charge in [-0.15, -0.1) is 0 Å². The summed E-state index contributed by atoms with van der Waals surface area (Å²) in [6, 6.07) is 20.3. The first kappa shape index (κ1) is 23.5. The number of hydrogen-bond donors (Lipinski definition) is 6. The number of carboxylic acid groups (broad SMARTS) is 2. The third-order valence-corrected chi connectivity index (χ3v) is 5.00. The highest BCUT2D eigenvalue weighted by Gasteiger charge is 2.26. The Morgan fingerprint density at radius 3 is 1.20 bits per heavy atom. The number of carbonyl (C=O) groups is 2. The molecule has 162 valence electrons. The molecule has 0 spiro atoms. The van der Waals surface area contributed by atoms with Crippen molar-refractivity contribution in [2.75, 3.05) is 26.2 Å². The van der Waals surface area contributed by atoms with Crippen molar-refractivity contribution in [2.45, 2.75) is 24.0 Å². The van der Waals surface area contributed by atoms with E-state index in [0.717, 1.165) is 26.2 Å². The van der Waals surface area contributed by atoms with Crippen molar-refractivity contribution in [3.8, 4) is 0 Å². The summed E-state index contributed by atoms with van der Waals surface area (Å²) in [6.45, 7) is 3.23. The van der Waals surface area contributed by atoms with E-state index >= 15 is 0 Å². The van der Waals surface area contributed by atoms with Gasteiger partial charge in [-0.3, -0.25) is 0 Å². The Bertz CT molecular complexity index is 719. The monoisotopic (exact) mass is 416 g/mol. The summed E-state index contributed by atoms with van der Waals surface area (Å²) < 4.78 is 0. The van der Waals surface area contributed by atoms with Crippen LogP contribution in [0, 0.1) is 0 Å². The van der Waals surface area contributed by atoms with E-state index in [-0.39, 0.29) is 24.0 Å². The Hall–Kier alpha value is -2.78. The predicted octanol–water partition coefficient (Wildman–Crippen LogP) is 0.624. The summed E-state index contributed by atoms with van der Waals surface area (Å²) in [4.78, 5) is 18.2. The normalized spacial score (nSPS) is 24.7. The Labute approximate surface area is 175 Å². The maximum atomic E-state index is 9.58. The van der Waals surface area contributed by atoms with E-state index < -0.39 is 11.9 Å². The molecule has 2 aromatic rings. The van der Waals surface area contributed by atoms with Gasteiger partial charge in [-0.25, -0.2) is 9.59 Å². The van der Waals surface area contributed by atoms with Gasteiger partial charge in [0, 0.05) is 38.0 Å². The molecule has 8 nitrogen and oxygen atoms in total. The molecule has 0 radical (unpaired) electrons. The van der Waals surface area contributed by atoms with E-state index in [0.29, 0.717) is 0 Å². The first-order chi connectivity index (χ1) is 14.4. The smallest absolute Gasteiger partial charge is 0.414 e. The lowest BCUT2D eigenvalue weighted by Crippen LogP contribution is -2.15. The van der Waals surface area contributed by atoms with E-state index in [9.17, 15) is 10.2 Å². The average molecular weight is 416 g/mol. The maximum Gasteiger partial charge on any atom is 0.414 e. The SMILES string of the molecule is O=C(O)C(=O)O.OC1CNCC1c1ccccc1.OC1CNCC1c1ccccc1. The number of carboxylic acids is 2. The van der Waals surface area contributed by atoms with E-state index in [1.54, 1.807) is 0 Å². The molecule has 8 heteroatoms. The molecule has 0 saturated carbocycles. The Morgan fingerprint density at radius 1 is 0.633 bits per heavy atom. The van der Waals surface area contributed by atoms with Crippen molar-refractivity contribution >= 4 is 11.9 Å². The van der Waals surface area contributed by atoms with Crippen molar-refractivity contribution < 1.29 is 30.0 Å². The summed E-state index contributed by atoms with van der Waals surface area (Å²) in [6.07, 6.45) is -0.431. The number of benzene rings is 2. The second-order valence-corrected chi connectivity index (χ2v) is 7.10. The van der Waals surface area contributed by atoms with Gasteiger partial charge in [-0.05, 0) is 11.1 Å². The lowest BCUT2D eigenvalue weighted by Gasteiger charge is -2.12. The summed E-state index contributed by atoms with van der Waals surface area (Å²) in [5, 5.41) is 40.3. The molecule has 4 rings (SSSR count). The zero-order chi connectivity index (χ0) is 21.9. The molecule has 30 heavy (non-hydrogen) atoms. The minimum absolute atomic E-state index is 0.215. The number of aliphatic hydroxyl groups is 2. The molecule has 2 aromatic carbocycles. The van der Waals surface area contributed by atoms with Crippen LogP contribution in [0.15, 0.2) is 60.7 Å². The molecule has 2 fully saturated rings. The van der Waals surface area contributed by atoms with Gasteiger partial charge in [0.05, 0.1) is 12.2 Å². The first-order valence-corrected chi connectivity index (χ1v) is 9.73. The Balaban J connectivity index is 0.000000171. The zero-order valence-corrected chi connectivity index (χ0v) is 16.5. The molecule has 2 aliphatic heterocycles. The quantitative estimate of drug-likeness (QED) is 0.392. The van der Waals surface area contributed by atoms with Crippen LogP contribution in [-0.2, 0) is 9.59 Å². The van der Waals surface area contributed by atoms with Crippen molar-refractivity contribution in [2.24, 2.45) is 0 Å². The van der Waals surface area contributed by atoms with Crippen molar-refractivity contribution in [1.29, 1.82) is 0 Å². The number of aliphatic hydroxyl groups excluding tert-OH is 2. The summed E-state index contributed by atoms with van der Waals surface area (Å²) >= 11 is 0. The topological polar surface area (TPSA) is 139 Å². The van der Waals surface area contributed by atoms with Crippen LogP contribution < -0.4 is 10.6 Å². The van der Waals surface area contributed by atoms with Crippen LogP contribution in [0.3, 0.4) is 0 Å². The fraction of sp³-hybridized carbons (Fsp3) is 0.364. The first-order valence-electron chi connectivity index (χ1n) is 9.73. The number of β-amino-alcohol motifs (C(OH)–C–C–N with tert-alkyl or cyclic N) is 2. The van der Waals surface area contributed by atoms with Crippen LogP contribution in [0.4, 0.5) is 0 Å². The predicted molar refractivity (Wildman–Crippen MR) is 111 cm³/mol.